The highest BCUT2D eigenvalue weighted by Crippen LogP contribution is 2.33. The van der Waals surface area contributed by atoms with Gasteiger partial charge >= 0.3 is 0 Å². The Balaban J connectivity index is 0.000000174. The molecular formula is C71H63Cl4F11N8O16S4. The standard InChI is InChI=1S/C18H16Cl2F2N2O4S.C18H15ClF4N2O4S.C18H18F2N2O4S.C17H14ClF3N2O4S/c19-12-5-4-10(29(27,28)24-15-2-1-3-16(15)25)8-11(12)18(26)23-9-6-13(20)17(22)14(21)7-9;19-10-7-11(20)16(30(28,29)25-14-2-1-3-15(14)26)6-9(10)18(27)24-8-4-12(21)17(23)13(22)5-8;19-14-8-7-12(10-15(14)20)21-18(24)11-3-1-4-13(9-11)27(25,26)22-16-5-2-6-17(16)23;18-12-2-1-8(3-15(12)28(26,27)23-10-4-11(24)5-10)17(25)22-9-6-13(19)16(21)14(20)7-9/h4-8,15-16,24-25H,1-3H2,(H,23,26);4-7,14-15,25-26H,1-3H2,(H,24,27);1,3-4,7-10,16-17,22-23H,2,5-6H2,(H,21,24);1-3,6-7,10-11,23-24H,4-5H2,(H,22,25). The first-order valence-electron chi connectivity index (χ1n) is 33.5. The summed E-state index contributed by atoms with van der Waals surface area (Å²) in [6, 6.07) is 17.9. The molecule has 24 nitrogen and oxygen atoms in total. The van der Waals surface area contributed by atoms with Crippen LogP contribution in [0.5, 0.6) is 0 Å². The zero-order valence-corrected chi connectivity index (χ0v) is 64.3. The Hall–Kier alpha value is -8.49. The molecule has 4 fully saturated rings. The summed E-state index contributed by atoms with van der Waals surface area (Å²) in [5.41, 5.74) is -1.71. The molecule has 8 aromatic carbocycles. The van der Waals surface area contributed by atoms with Crippen molar-refractivity contribution in [2.75, 3.05) is 21.3 Å². The van der Waals surface area contributed by atoms with Crippen LogP contribution >= 0.6 is 46.4 Å². The summed E-state index contributed by atoms with van der Waals surface area (Å²) < 4.78 is 256. The maximum absolute atomic E-state index is 14.3. The number of rotatable bonds is 20. The highest BCUT2D eigenvalue weighted by molar-refractivity contribution is 7.90. The molecule has 12 rings (SSSR count). The van der Waals surface area contributed by atoms with Crippen molar-refractivity contribution >= 4 is 133 Å². The molecule has 0 aliphatic heterocycles. The summed E-state index contributed by atoms with van der Waals surface area (Å²) in [5.74, 6) is -18.9. The van der Waals surface area contributed by atoms with E-state index in [1.165, 1.54) is 54.6 Å². The van der Waals surface area contributed by atoms with Crippen molar-refractivity contribution in [1.82, 2.24) is 18.9 Å². The maximum atomic E-state index is 14.3. The van der Waals surface area contributed by atoms with Crippen LogP contribution in [0.1, 0.15) is 112 Å². The lowest BCUT2D eigenvalue weighted by molar-refractivity contribution is 0.0711. The van der Waals surface area contributed by atoms with E-state index in [1.54, 1.807) is 0 Å². The van der Waals surface area contributed by atoms with Crippen molar-refractivity contribution < 1.29 is 122 Å². The van der Waals surface area contributed by atoms with Gasteiger partial charge in [0.05, 0.1) is 65.4 Å². The molecule has 612 valence electrons. The fraction of sp³-hybridized carbons (Fsp3) is 0.268. The first-order chi connectivity index (χ1) is 53.4. The van der Waals surface area contributed by atoms with E-state index in [1.807, 2.05) is 5.32 Å². The molecule has 43 heteroatoms. The van der Waals surface area contributed by atoms with Crippen LogP contribution in [0.25, 0.3) is 0 Å². The molecule has 12 N–H and O–H groups in total. The zero-order valence-electron chi connectivity index (χ0n) is 58.0. The van der Waals surface area contributed by atoms with E-state index in [2.05, 4.69) is 34.8 Å². The fourth-order valence-electron chi connectivity index (χ4n) is 11.7. The van der Waals surface area contributed by atoms with Gasteiger partial charge in [-0.2, -0.15) is 0 Å². The van der Waals surface area contributed by atoms with Gasteiger partial charge in [0.2, 0.25) is 40.1 Å². The van der Waals surface area contributed by atoms with E-state index in [0.29, 0.717) is 87.8 Å². The number of halogens is 15. The van der Waals surface area contributed by atoms with E-state index in [0.717, 1.165) is 42.8 Å². The van der Waals surface area contributed by atoms with E-state index < -0.39 is 202 Å². The number of benzene rings is 8. The smallest absolute Gasteiger partial charge is 0.257 e. The number of sulfonamides is 4. The Labute approximate surface area is 663 Å². The number of carbonyl (C=O) groups is 4. The Bertz CT molecular complexity index is 5460. The molecule has 4 saturated carbocycles. The number of nitrogens with one attached hydrogen (secondary N) is 8. The second-order valence-electron chi connectivity index (χ2n) is 25.9. The summed E-state index contributed by atoms with van der Waals surface area (Å²) >= 11 is 23.3. The van der Waals surface area contributed by atoms with E-state index in [4.69, 9.17) is 46.4 Å². The van der Waals surface area contributed by atoms with Gasteiger partial charge in [0.1, 0.15) is 15.6 Å². The van der Waals surface area contributed by atoms with Crippen LogP contribution in [0.2, 0.25) is 20.1 Å². The Morgan fingerprint density at radius 3 is 1.21 bits per heavy atom. The van der Waals surface area contributed by atoms with Gasteiger partial charge < -0.3 is 41.7 Å². The van der Waals surface area contributed by atoms with Crippen molar-refractivity contribution in [2.45, 2.75) is 139 Å². The van der Waals surface area contributed by atoms with Crippen LogP contribution in [0, 0.1) is 64.0 Å². The van der Waals surface area contributed by atoms with E-state index >= 15 is 0 Å². The normalized spacial score (nSPS) is 19.4. The first-order valence-corrected chi connectivity index (χ1v) is 41.0. The molecule has 4 aliphatic rings. The van der Waals surface area contributed by atoms with Crippen LogP contribution in [0.3, 0.4) is 0 Å². The molecule has 6 unspecified atom stereocenters. The topological polar surface area (TPSA) is 382 Å². The monoisotopic (exact) mass is 1760 g/mol. The van der Waals surface area contributed by atoms with E-state index in [9.17, 15) is 122 Å². The number of aliphatic hydroxyl groups is 4. The quantitative estimate of drug-likeness (QED) is 0.0249. The molecule has 0 spiro atoms. The minimum Gasteiger partial charge on any atom is -0.393 e. The molecule has 0 radical (unpaired) electrons. The average molecular weight is 1760 g/mol. The summed E-state index contributed by atoms with van der Waals surface area (Å²) in [6.45, 7) is 0. The predicted octanol–water partition coefficient (Wildman–Crippen LogP) is 12.3. The zero-order chi connectivity index (χ0) is 83.8. The molecule has 114 heavy (non-hydrogen) atoms. The predicted molar refractivity (Wildman–Crippen MR) is 394 cm³/mol. The molecule has 0 saturated heterocycles. The van der Waals surface area contributed by atoms with Crippen molar-refractivity contribution in [2.24, 2.45) is 0 Å². The van der Waals surface area contributed by atoms with Crippen LogP contribution < -0.4 is 40.2 Å². The van der Waals surface area contributed by atoms with Gasteiger partial charge in [0.15, 0.2) is 58.2 Å². The summed E-state index contributed by atoms with van der Waals surface area (Å²) in [5, 5.41) is 46.4. The summed E-state index contributed by atoms with van der Waals surface area (Å²) in [7, 11) is -16.5. The fourth-order valence-corrected chi connectivity index (χ4v) is 18.2. The maximum Gasteiger partial charge on any atom is 0.257 e. The lowest BCUT2D eigenvalue weighted by Crippen LogP contribution is -2.46. The van der Waals surface area contributed by atoms with Gasteiger partial charge in [-0.15, -0.1) is 0 Å². The highest BCUT2D eigenvalue weighted by Gasteiger charge is 2.36. The van der Waals surface area contributed by atoms with Crippen LogP contribution in [-0.4, -0.2) is 126 Å². The molecule has 0 bridgehead atoms. The Kier molecular flexibility index (Phi) is 29.5. The van der Waals surface area contributed by atoms with Gasteiger partial charge in [-0.3, -0.25) is 19.2 Å². The minimum atomic E-state index is -4.47. The Morgan fingerprint density at radius 2 is 0.746 bits per heavy atom. The van der Waals surface area contributed by atoms with Crippen LogP contribution in [0.15, 0.2) is 147 Å². The third kappa shape index (κ3) is 22.8. The molecule has 6 atom stereocenters. The molecular weight excluding hydrogens is 1700 g/mol. The number of carbonyl (C=O) groups excluding carboxylic acids is 4. The summed E-state index contributed by atoms with van der Waals surface area (Å²) in [6.07, 6.45) is 2.31. The van der Waals surface area contributed by atoms with Gasteiger partial charge in [-0.1, -0.05) is 52.5 Å². The largest absolute Gasteiger partial charge is 0.393 e. The van der Waals surface area contributed by atoms with Crippen molar-refractivity contribution in [3.05, 3.63) is 234 Å². The van der Waals surface area contributed by atoms with Gasteiger partial charge in [0, 0.05) is 94.4 Å². The third-order valence-electron chi connectivity index (χ3n) is 17.6. The minimum absolute atomic E-state index is 0.0366. The van der Waals surface area contributed by atoms with Crippen LogP contribution in [-0.2, 0) is 40.1 Å². The number of anilines is 4. The molecule has 4 amide bonds. The van der Waals surface area contributed by atoms with Crippen LogP contribution in [0.4, 0.5) is 71.0 Å². The summed E-state index contributed by atoms with van der Waals surface area (Å²) in [4.78, 5) is 47.9. The highest BCUT2D eigenvalue weighted by atomic mass is 35.5. The lowest BCUT2D eigenvalue weighted by atomic mass is 9.91. The number of amides is 4. The van der Waals surface area contributed by atoms with Crippen molar-refractivity contribution in [1.29, 1.82) is 0 Å². The second-order valence-corrected chi connectivity index (χ2v) is 34.3. The van der Waals surface area contributed by atoms with E-state index in [-0.39, 0.29) is 71.3 Å². The van der Waals surface area contributed by atoms with Crippen molar-refractivity contribution in [3.63, 3.8) is 0 Å². The molecule has 0 aromatic heterocycles. The average Bonchev–Trinajstić information content (AvgIpc) is 1.17. The third-order valence-corrected chi connectivity index (χ3v) is 25.0. The van der Waals surface area contributed by atoms with Gasteiger partial charge in [-0.25, -0.2) is 101 Å². The molecule has 0 heterocycles. The molecule has 8 aromatic rings. The second kappa shape index (κ2) is 37.6. The lowest BCUT2D eigenvalue weighted by Gasteiger charge is -2.31. The number of hydrogen-bond acceptors (Lipinski definition) is 16. The Morgan fingerprint density at radius 1 is 0.333 bits per heavy atom. The first kappa shape index (κ1) is 89.4. The SMILES string of the molecule is O=C(Nc1cc(F)c(F)c(Cl)c1)c1cc(S(=O)(=O)NC2CCCC2O)ccc1Cl.O=C(Nc1cc(F)c(F)c(F)c1)c1cc(S(=O)(=O)NC2CCCC2O)c(F)cc1Cl.O=C(Nc1cc(F)c(F)c(F)c1)c1ccc(Cl)c(S(=O)(=O)NC2CC(O)C2)c1.O=C(Nc1ccc(F)c(F)c1)c1cccc(S(=O)(=O)NC2CCCC2O)c1. The molecule has 4 aliphatic carbocycles. The van der Waals surface area contributed by atoms with Crippen molar-refractivity contribution in [3.8, 4) is 0 Å². The number of aliphatic hydroxyl groups excluding tert-OH is 4. The van der Waals surface area contributed by atoms with Gasteiger partial charge in [-0.05, 0) is 156 Å². The van der Waals surface area contributed by atoms with Gasteiger partial charge in [0.25, 0.3) is 23.6 Å². The number of hydrogen-bond donors (Lipinski definition) is 12.